The van der Waals surface area contributed by atoms with Gasteiger partial charge in [0.05, 0.1) is 29.0 Å². The molecule has 4 rings (SSSR count). The van der Waals surface area contributed by atoms with Crippen molar-refractivity contribution >= 4 is 16.6 Å². The number of aromatic amines is 1. The fraction of sp³-hybridized carbons (Fsp3) is 0.176. The number of hydrogen-bond acceptors (Lipinski definition) is 3. The van der Waals surface area contributed by atoms with Crippen molar-refractivity contribution in [3.63, 3.8) is 0 Å². The average molecular weight is 276 g/mol. The van der Waals surface area contributed by atoms with Crippen LogP contribution in [0.3, 0.4) is 0 Å². The number of H-pyrrole nitrogens is 1. The Morgan fingerprint density at radius 1 is 1.10 bits per heavy atom. The number of aromatic nitrogens is 2. The zero-order chi connectivity index (χ0) is 14.2. The Morgan fingerprint density at radius 3 is 2.81 bits per heavy atom. The molecule has 1 aliphatic heterocycles. The minimum atomic E-state index is -0.131. The van der Waals surface area contributed by atoms with Crippen LogP contribution in [-0.4, -0.2) is 16.5 Å². The zero-order valence-corrected chi connectivity index (χ0v) is 11.6. The van der Waals surface area contributed by atoms with Gasteiger partial charge in [0, 0.05) is 5.22 Å². The standard InChI is InChI=1S/C17H16N4/c18-13(17-20-15-7-3-4-8-16(15)21-17)9-11-10-19-14-6-2-1-5-12(11)14/h1-8,13H,9-10,18H2,(H,20,21)/t13-/m1/s1. The van der Waals surface area contributed by atoms with Crippen LogP contribution in [0.5, 0.6) is 0 Å². The third-order valence-electron chi connectivity index (χ3n) is 3.95. The predicted molar refractivity (Wildman–Crippen MR) is 83.1 cm³/mol. The predicted octanol–water partition coefficient (Wildman–Crippen LogP) is 1.44. The number of nitrogens with two attached hydrogens (primary N) is 1. The molecular formula is C17H16N4. The molecule has 1 aromatic heterocycles. The maximum atomic E-state index is 6.34. The Balaban J connectivity index is 1.68. The van der Waals surface area contributed by atoms with Crippen LogP contribution >= 0.6 is 0 Å². The van der Waals surface area contributed by atoms with Gasteiger partial charge >= 0.3 is 0 Å². The maximum Gasteiger partial charge on any atom is 0.124 e. The second-order valence-electron chi connectivity index (χ2n) is 5.39. The van der Waals surface area contributed by atoms with Crippen LogP contribution in [0.15, 0.2) is 53.5 Å². The Kier molecular flexibility index (Phi) is 2.82. The van der Waals surface area contributed by atoms with Crippen molar-refractivity contribution in [2.45, 2.75) is 12.5 Å². The molecule has 0 unspecified atom stereocenters. The highest BCUT2D eigenvalue weighted by Gasteiger charge is 2.15. The van der Waals surface area contributed by atoms with E-state index in [1.54, 1.807) is 0 Å². The molecule has 2 heterocycles. The molecule has 0 saturated carbocycles. The lowest BCUT2D eigenvalue weighted by molar-refractivity contribution is 0.698. The summed E-state index contributed by atoms with van der Waals surface area (Å²) in [5, 5.41) is 2.30. The van der Waals surface area contributed by atoms with E-state index in [1.807, 2.05) is 36.4 Å². The first-order valence-corrected chi connectivity index (χ1v) is 7.13. The van der Waals surface area contributed by atoms with E-state index >= 15 is 0 Å². The van der Waals surface area contributed by atoms with Gasteiger partial charge in [-0.25, -0.2) is 4.98 Å². The summed E-state index contributed by atoms with van der Waals surface area (Å²) in [7, 11) is 0. The van der Waals surface area contributed by atoms with Gasteiger partial charge in [-0.2, -0.15) is 0 Å². The van der Waals surface area contributed by atoms with Crippen molar-refractivity contribution in [1.82, 2.24) is 9.97 Å². The zero-order valence-electron chi connectivity index (χ0n) is 11.6. The molecule has 104 valence electrons. The second-order valence-corrected chi connectivity index (χ2v) is 5.39. The van der Waals surface area contributed by atoms with E-state index in [4.69, 9.17) is 5.73 Å². The summed E-state index contributed by atoms with van der Waals surface area (Å²) >= 11 is 0. The van der Waals surface area contributed by atoms with Gasteiger partial charge in [-0.3, -0.25) is 4.99 Å². The van der Waals surface area contributed by atoms with Crippen molar-refractivity contribution in [1.29, 1.82) is 0 Å². The molecule has 0 fully saturated rings. The summed E-state index contributed by atoms with van der Waals surface area (Å²) in [6.45, 7) is 0.743. The summed E-state index contributed by atoms with van der Waals surface area (Å²) in [6, 6.07) is 16.1. The number of imidazole rings is 1. The Labute approximate surface area is 122 Å². The average Bonchev–Trinajstić information content (AvgIpc) is 3.11. The van der Waals surface area contributed by atoms with Crippen LogP contribution in [0.25, 0.3) is 16.6 Å². The molecule has 21 heavy (non-hydrogen) atoms. The lowest BCUT2D eigenvalue weighted by Crippen LogP contribution is -2.23. The van der Waals surface area contributed by atoms with E-state index < -0.39 is 0 Å². The Hall–Kier alpha value is -2.46. The van der Waals surface area contributed by atoms with Gasteiger partial charge in [-0.1, -0.05) is 30.3 Å². The Morgan fingerprint density at radius 2 is 1.90 bits per heavy atom. The van der Waals surface area contributed by atoms with Gasteiger partial charge in [-0.15, -0.1) is 0 Å². The molecule has 0 bridgehead atoms. The Bertz CT molecular complexity index is 890. The molecule has 0 amide bonds. The first-order chi connectivity index (χ1) is 10.3. The quantitative estimate of drug-likeness (QED) is 0.760. The van der Waals surface area contributed by atoms with Crippen LogP contribution in [0, 0.1) is 0 Å². The highest BCUT2D eigenvalue weighted by atomic mass is 15.0. The minimum Gasteiger partial charge on any atom is -0.341 e. The maximum absolute atomic E-state index is 6.34. The number of rotatable bonds is 3. The molecule has 1 atom stereocenters. The highest BCUT2D eigenvalue weighted by molar-refractivity contribution is 5.74. The molecule has 0 spiro atoms. The van der Waals surface area contributed by atoms with Crippen molar-refractivity contribution in [3.8, 4) is 0 Å². The molecule has 4 nitrogen and oxygen atoms in total. The van der Waals surface area contributed by atoms with Gasteiger partial charge in [-0.05, 0) is 30.2 Å². The molecule has 0 radical (unpaired) electrons. The molecule has 4 heteroatoms. The van der Waals surface area contributed by atoms with E-state index in [2.05, 4.69) is 27.1 Å². The van der Waals surface area contributed by atoms with Crippen LogP contribution in [0.2, 0.25) is 0 Å². The third-order valence-corrected chi connectivity index (χ3v) is 3.95. The number of fused-ring (bicyclic) bond motifs is 2. The largest absolute Gasteiger partial charge is 0.341 e. The molecule has 3 aromatic rings. The van der Waals surface area contributed by atoms with Gasteiger partial charge in [0.15, 0.2) is 0 Å². The SMILES string of the molecule is N[C@H](CC1=c2ccccc2=NC1)c1nc2ccccc2[nH]1. The molecule has 0 aliphatic carbocycles. The van der Waals surface area contributed by atoms with Crippen LogP contribution < -0.4 is 16.3 Å². The van der Waals surface area contributed by atoms with Gasteiger partial charge in [0.2, 0.25) is 0 Å². The van der Waals surface area contributed by atoms with Crippen molar-refractivity contribution < 1.29 is 0 Å². The smallest absolute Gasteiger partial charge is 0.124 e. The van der Waals surface area contributed by atoms with Crippen molar-refractivity contribution in [3.05, 3.63) is 64.9 Å². The van der Waals surface area contributed by atoms with Gasteiger partial charge in [0.25, 0.3) is 0 Å². The number of hydrogen-bond donors (Lipinski definition) is 2. The minimum absolute atomic E-state index is 0.131. The fourth-order valence-corrected chi connectivity index (χ4v) is 2.86. The topological polar surface area (TPSA) is 67.1 Å². The first kappa shape index (κ1) is 12.3. The number of nitrogens with zero attached hydrogens (tertiary/aromatic N) is 2. The van der Waals surface area contributed by atoms with E-state index in [-0.39, 0.29) is 6.04 Å². The normalized spacial score (nSPS) is 15.0. The second kappa shape index (κ2) is 4.82. The summed E-state index contributed by atoms with van der Waals surface area (Å²) in [5.74, 6) is 0.841. The highest BCUT2D eigenvalue weighted by Crippen LogP contribution is 2.20. The van der Waals surface area contributed by atoms with Crippen LogP contribution in [0.1, 0.15) is 18.3 Å². The van der Waals surface area contributed by atoms with Gasteiger partial charge in [0.1, 0.15) is 5.82 Å². The fourth-order valence-electron chi connectivity index (χ4n) is 2.86. The number of para-hydroxylation sites is 3. The summed E-state index contributed by atoms with van der Waals surface area (Å²) in [4.78, 5) is 12.4. The van der Waals surface area contributed by atoms with E-state index in [0.717, 1.165) is 35.2 Å². The van der Waals surface area contributed by atoms with E-state index in [1.165, 1.54) is 10.8 Å². The molecule has 3 N–H and O–H groups in total. The summed E-state index contributed by atoms with van der Waals surface area (Å²) in [5.41, 5.74) is 9.62. The van der Waals surface area contributed by atoms with Crippen molar-refractivity contribution in [2.75, 3.05) is 6.54 Å². The van der Waals surface area contributed by atoms with Crippen LogP contribution in [-0.2, 0) is 0 Å². The van der Waals surface area contributed by atoms with Crippen molar-refractivity contribution in [2.24, 2.45) is 10.7 Å². The molecule has 1 aliphatic rings. The van der Waals surface area contributed by atoms with E-state index in [0.29, 0.717) is 0 Å². The number of nitrogens with one attached hydrogen (secondary N) is 1. The van der Waals surface area contributed by atoms with E-state index in [9.17, 15) is 0 Å². The summed E-state index contributed by atoms with van der Waals surface area (Å²) in [6.07, 6.45) is 0.778. The lowest BCUT2D eigenvalue weighted by atomic mass is 10.0. The molecule has 0 saturated heterocycles. The van der Waals surface area contributed by atoms with Crippen LogP contribution in [0.4, 0.5) is 0 Å². The molecular weight excluding hydrogens is 260 g/mol. The third kappa shape index (κ3) is 2.14. The first-order valence-electron chi connectivity index (χ1n) is 7.13. The monoisotopic (exact) mass is 276 g/mol. The lowest BCUT2D eigenvalue weighted by Gasteiger charge is -2.09. The summed E-state index contributed by atoms with van der Waals surface area (Å²) < 4.78 is 0. The van der Waals surface area contributed by atoms with Gasteiger partial charge < -0.3 is 10.7 Å². The number of benzene rings is 2. The molecule has 2 aromatic carbocycles.